The maximum Gasteiger partial charge on any atom is 0.169 e. The average molecular weight is 141 g/mol. The molecule has 44 valence electrons. The molecule has 0 aromatic carbocycles. The molecule has 0 bridgehead atoms. The van der Waals surface area contributed by atoms with Gasteiger partial charge in [-0.15, -0.1) is 10.1 Å². The van der Waals surface area contributed by atoms with E-state index in [1.807, 2.05) is 13.8 Å². The fraction of sp³-hybridized carbons (Fsp3) is 0.750. The molecular formula is C4H9ClOS. The van der Waals surface area contributed by atoms with E-state index in [2.05, 4.69) is 0 Å². The van der Waals surface area contributed by atoms with Gasteiger partial charge in [-0.2, -0.15) is 0 Å². The van der Waals surface area contributed by atoms with Crippen molar-refractivity contribution in [1.82, 2.24) is 0 Å². The molecule has 0 radical (unpaired) electrons. The number of carbonyl (C=O) groups excluding carboxylic acids is 1. The van der Waals surface area contributed by atoms with Crippen LogP contribution in [0.2, 0.25) is 0 Å². The van der Waals surface area contributed by atoms with Crippen LogP contribution in [0.5, 0.6) is 0 Å². The Balaban J connectivity index is 3.33. The molecule has 0 heterocycles. The van der Waals surface area contributed by atoms with Crippen LogP contribution in [0.25, 0.3) is 0 Å². The van der Waals surface area contributed by atoms with Crippen LogP contribution >= 0.6 is 20.8 Å². The van der Waals surface area contributed by atoms with E-state index in [9.17, 15) is 4.79 Å². The molecule has 0 fully saturated rings. The quantitative estimate of drug-likeness (QED) is 0.457. The van der Waals surface area contributed by atoms with Gasteiger partial charge < -0.3 is 0 Å². The molecule has 7 heavy (non-hydrogen) atoms. The van der Waals surface area contributed by atoms with E-state index >= 15 is 0 Å². The van der Waals surface area contributed by atoms with Crippen molar-refractivity contribution >= 4 is 26.4 Å². The Morgan fingerprint density at radius 3 is 2.14 bits per heavy atom. The maximum absolute atomic E-state index is 9.84. The Bertz CT molecular complexity index is 64.7. The van der Waals surface area contributed by atoms with Crippen LogP contribution in [-0.4, -0.2) is 10.9 Å². The molecular weight excluding hydrogens is 132 g/mol. The topological polar surface area (TPSA) is 17.1 Å². The molecule has 0 saturated heterocycles. The smallest absolute Gasteiger partial charge is 0.169 e. The van der Waals surface area contributed by atoms with Crippen LogP contribution in [0.15, 0.2) is 0 Å². The second-order valence-corrected chi connectivity index (χ2v) is 4.65. The summed E-state index contributed by atoms with van der Waals surface area (Å²) in [5, 5.41) is 0.328. The molecule has 0 aromatic heterocycles. The minimum atomic E-state index is -0.846. The molecule has 3 heteroatoms. The highest BCUT2D eigenvalue weighted by Gasteiger charge is 1.99. The molecule has 0 saturated carbocycles. The first-order valence-electron chi connectivity index (χ1n) is 2.08. The monoisotopic (exact) mass is 140 g/mol. The summed E-state index contributed by atoms with van der Waals surface area (Å²) in [5.74, 6) is 0. The van der Waals surface area contributed by atoms with Crippen LogP contribution in [-0.2, 0) is 4.79 Å². The number of thiol groups is 1. The van der Waals surface area contributed by atoms with Gasteiger partial charge in [0, 0.05) is 0 Å². The minimum Gasteiger partial charge on any atom is -0.292 e. The number of hydrogen-bond donors (Lipinski definition) is 1. The van der Waals surface area contributed by atoms with Gasteiger partial charge in [-0.05, 0) is 5.25 Å². The van der Waals surface area contributed by atoms with Gasteiger partial charge in [0.25, 0.3) is 0 Å². The van der Waals surface area contributed by atoms with E-state index < -0.39 is 10.1 Å². The summed E-state index contributed by atoms with van der Waals surface area (Å²) in [4.78, 5) is 9.84. The molecule has 0 aliphatic carbocycles. The van der Waals surface area contributed by atoms with Crippen molar-refractivity contribution in [2.75, 3.05) is 0 Å². The average Bonchev–Trinajstić information content (AvgIpc) is 1.65. The lowest BCUT2D eigenvalue weighted by Gasteiger charge is -2.06. The number of rotatable bonds is 2. The Hall–Kier alpha value is 0.310. The second-order valence-electron chi connectivity index (χ2n) is 1.54. The highest BCUT2D eigenvalue weighted by Crippen LogP contribution is 2.31. The lowest BCUT2D eigenvalue weighted by Crippen LogP contribution is -1.89. The second kappa shape index (κ2) is 3.33. The van der Waals surface area contributed by atoms with E-state index in [-0.39, 0.29) is 0 Å². The molecule has 0 rings (SSSR count). The normalized spacial score (nSPS) is 16.9. The van der Waals surface area contributed by atoms with Gasteiger partial charge >= 0.3 is 0 Å². The Morgan fingerprint density at radius 2 is 2.14 bits per heavy atom. The van der Waals surface area contributed by atoms with Crippen molar-refractivity contribution in [2.24, 2.45) is 0 Å². The minimum absolute atomic E-state index is 0.328. The highest BCUT2D eigenvalue weighted by atomic mass is 35.7. The summed E-state index contributed by atoms with van der Waals surface area (Å²) >= 11 is 0. The van der Waals surface area contributed by atoms with Crippen LogP contribution in [0.1, 0.15) is 13.8 Å². The Labute approximate surface area is 50.9 Å². The zero-order valence-electron chi connectivity index (χ0n) is 4.39. The van der Waals surface area contributed by atoms with Crippen molar-refractivity contribution in [3.8, 4) is 0 Å². The number of halogens is 1. The van der Waals surface area contributed by atoms with Gasteiger partial charge in [-0.1, -0.05) is 24.5 Å². The van der Waals surface area contributed by atoms with Crippen LogP contribution in [0, 0.1) is 0 Å². The molecule has 0 aromatic rings. The van der Waals surface area contributed by atoms with E-state index in [1.165, 1.54) is 0 Å². The molecule has 1 atom stereocenters. The van der Waals surface area contributed by atoms with Gasteiger partial charge in [0.15, 0.2) is 5.62 Å². The molecule has 0 spiro atoms. The molecule has 1 unspecified atom stereocenters. The van der Waals surface area contributed by atoms with Gasteiger partial charge in [-0.25, -0.2) is 0 Å². The van der Waals surface area contributed by atoms with Crippen LogP contribution < -0.4 is 0 Å². The molecule has 0 aliphatic heterocycles. The molecule has 0 N–H and O–H groups in total. The van der Waals surface area contributed by atoms with Crippen molar-refractivity contribution in [3.05, 3.63) is 0 Å². The van der Waals surface area contributed by atoms with Gasteiger partial charge in [0.1, 0.15) is 0 Å². The Kier molecular flexibility index (Phi) is 3.48. The Morgan fingerprint density at radius 1 is 1.71 bits per heavy atom. The molecule has 0 aliphatic rings. The third-order valence-corrected chi connectivity index (χ3v) is 3.19. The maximum atomic E-state index is 9.84. The van der Waals surface area contributed by atoms with Crippen LogP contribution in [0.3, 0.4) is 0 Å². The third-order valence-electron chi connectivity index (χ3n) is 0.594. The summed E-state index contributed by atoms with van der Waals surface area (Å²) in [6.45, 7) is 3.88. The van der Waals surface area contributed by atoms with E-state index in [0.29, 0.717) is 5.25 Å². The third kappa shape index (κ3) is 2.94. The van der Waals surface area contributed by atoms with E-state index in [4.69, 9.17) is 10.7 Å². The largest absolute Gasteiger partial charge is 0.292 e. The molecule has 0 amide bonds. The summed E-state index contributed by atoms with van der Waals surface area (Å²) in [6.07, 6.45) is 0. The van der Waals surface area contributed by atoms with E-state index in [1.54, 1.807) is 0 Å². The molecule has 1 nitrogen and oxygen atoms in total. The number of hydrogen-bond acceptors (Lipinski definition) is 1. The predicted molar refractivity (Wildman–Crippen MR) is 36.7 cm³/mol. The van der Waals surface area contributed by atoms with Crippen LogP contribution in [0.4, 0.5) is 0 Å². The summed E-state index contributed by atoms with van der Waals surface area (Å²) in [7, 11) is 4.65. The van der Waals surface area contributed by atoms with Crippen molar-refractivity contribution in [2.45, 2.75) is 19.1 Å². The first kappa shape index (κ1) is 7.31. The standard InChI is InChI=1S/C4H9ClOS/c1-4(2)7(5)3-6/h3-4,7H,1-2H3. The lowest BCUT2D eigenvalue weighted by molar-refractivity contribution is 0.569. The first-order chi connectivity index (χ1) is 3.18. The first-order valence-corrected chi connectivity index (χ1v) is 4.46. The van der Waals surface area contributed by atoms with Gasteiger partial charge in [0.05, 0.1) is 0 Å². The van der Waals surface area contributed by atoms with Crippen molar-refractivity contribution in [1.29, 1.82) is 0 Å². The van der Waals surface area contributed by atoms with Crippen molar-refractivity contribution in [3.63, 3.8) is 0 Å². The van der Waals surface area contributed by atoms with Gasteiger partial charge in [-0.3, -0.25) is 4.79 Å². The predicted octanol–water partition coefficient (Wildman–Crippen LogP) is 1.74. The SMILES string of the molecule is CC(C)[SH](Cl)C=O. The number of carbonyl (C=O) groups is 1. The summed E-state index contributed by atoms with van der Waals surface area (Å²) in [6, 6.07) is 0. The fourth-order valence-electron chi connectivity index (χ4n) is 0.122. The van der Waals surface area contributed by atoms with Gasteiger partial charge in [0.2, 0.25) is 0 Å². The fourth-order valence-corrected chi connectivity index (χ4v) is 0.365. The van der Waals surface area contributed by atoms with E-state index in [0.717, 1.165) is 5.62 Å². The summed E-state index contributed by atoms with van der Waals surface area (Å²) < 4.78 is 0. The zero-order valence-corrected chi connectivity index (χ0v) is 6.04. The van der Waals surface area contributed by atoms with Crippen molar-refractivity contribution < 1.29 is 4.79 Å². The highest BCUT2D eigenvalue weighted by molar-refractivity contribution is 8.46. The summed E-state index contributed by atoms with van der Waals surface area (Å²) in [5.41, 5.74) is 0.821. The lowest BCUT2D eigenvalue weighted by atomic mass is 10.6. The zero-order chi connectivity index (χ0) is 5.86.